The molecule has 8 heteroatoms. The van der Waals surface area contributed by atoms with Crippen LogP contribution in [0.4, 0.5) is 5.69 Å². The fraction of sp³-hybridized carbons (Fsp3) is 0.368. The summed E-state index contributed by atoms with van der Waals surface area (Å²) in [6.07, 6.45) is 2.53. The van der Waals surface area contributed by atoms with E-state index in [0.29, 0.717) is 12.8 Å². The third-order valence-electron chi connectivity index (χ3n) is 4.75. The Bertz CT molecular complexity index is 1010. The number of piperidine rings is 1. The van der Waals surface area contributed by atoms with Crippen LogP contribution in [0.25, 0.3) is 0 Å². The molecule has 1 aliphatic heterocycles. The topological polar surface area (TPSA) is 83.6 Å². The lowest BCUT2D eigenvalue weighted by molar-refractivity contribution is 0.460. The minimum Gasteiger partial charge on any atom is -0.371 e. The van der Waals surface area contributed by atoms with E-state index in [0.717, 1.165) is 25.0 Å². The van der Waals surface area contributed by atoms with Crippen molar-refractivity contribution >= 4 is 25.5 Å². The molecule has 2 aromatic rings. The predicted molar refractivity (Wildman–Crippen MR) is 106 cm³/mol. The van der Waals surface area contributed by atoms with Gasteiger partial charge in [-0.05, 0) is 61.7 Å². The maximum atomic E-state index is 12.6. The number of aryl methyl sites for hydroxylation is 1. The summed E-state index contributed by atoms with van der Waals surface area (Å²) in [5.41, 5.74) is 2.36. The van der Waals surface area contributed by atoms with Crippen molar-refractivity contribution in [2.75, 3.05) is 24.2 Å². The number of hydrogen-bond donors (Lipinski definition) is 1. The Morgan fingerprint density at radius 3 is 2.07 bits per heavy atom. The van der Waals surface area contributed by atoms with E-state index in [1.165, 1.54) is 29.8 Å². The summed E-state index contributed by atoms with van der Waals surface area (Å²) in [7, 11) is -7.02. The number of rotatable bonds is 5. The third-order valence-corrected chi connectivity index (χ3v) is 7.41. The average Bonchev–Trinajstić information content (AvgIpc) is 2.61. The summed E-state index contributed by atoms with van der Waals surface area (Å²) in [6.45, 7) is 3.62. The van der Waals surface area contributed by atoms with Crippen molar-refractivity contribution in [1.29, 1.82) is 0 Å². The van der Waals surface area contributed by atoms with Gasteiger partial charge in [-0.25, -0.2) is 21.6 Å². The van der Waals surface area contributed by atoms with Gasteiger partial charge in [0.25, 0.3) is 0 Å². The summed E-state index contributed by atoms with van der Waals surface area (Å²) in [5, 5.41) is 0. The second-order valence-corrected chi connectivity index (χ2v) is 10.7. The van der Waals surface area contributed by atoms with Crippen LogP contribution in [0.3, 0.4) is 0 Å². The molecular weight excluding hydrogens is 384 g/mol. The van der Waals surface area contributed by atoms with Gasteiger partial charge in [-0.2, -0.15) is 0 Å². The Hall–Kier alpha value is -1.90. The molecule has 0 spiro atoms. The molecule has 1 aliphatic rings. The van der Waals surface area contributed by atoms with Crippen LogP contribution in [0.2, 0.25) is 0 Å². The van der Waals surface area contributed by atoms with E-state index in [1.807, 2.05) is 6.07 Å². The van der Waals surface area contributed by atoms with Gasteiger partial charge in [0.05, 0.1) is 9.79 Å². The normalized spacial score (nSPS) is 16.4. The fourth-order valence-electron chi connectivity index (χ4n) is 3.23. The SMILES string of the molecule is Cc1cccc(N2CCC(NS(=O)(=O)c3ccc(S(C)(=O)=O)cc3)CC2)c1. The van der Waals surface area contributed by atoms with Crippen LogP contribution in [-0.4, -0.2) is 42.2 Å². The van der Waals surface area contributed by atoms with Gasteiger partial charge in [-0.15, -0.1) is 0 Å². The highest BCUT2D eigenvalue weighted by Gasteiger charge is 2.25. The molecule has 0 saturated carbocycles. The fourth-order valence-corrected chi connectivity index (χ4v) is 5.17. The molecule has 146 valence electrons. The molecule has 0 bridgehead atoms. The first-order valence-corrected chi connectivity index (χ1v) is 12.2. The predicted octanol–water partition coefficient (Wildman–Crippen LogP) is 2.35. The van der Waals surface area contributed by atoms with Crippen molar-refractivity contribution in [3.05, 3.63) is 54.1 Å². The Kier molecular flexibility index (Phi) is 5.60. The van der Waals surface area contributed by atoms with Crippen molar-refractivity contribution < 1.29 is 16.8 Å². The maximum Gasteiger partial charge on any atom is 0.240 e. The molecule has 2 aromatic carbocycles. The lowest BCUT2D eigenvalue weighted by Gasteiger charge is -2.34. The zero-order valence-electron chi connectivity index (χ0n) is 15.4. The van der Waals surface area contributed by atoms with Gasteiger partial charge >= 0.3 is 0 Å². The van der Waals surface area contributed by atoms with E-state index in [2.05, 4.69) is 34.7 Å². The van der Waals surface area contributed by atoms with E-state index in [4.69, 9.17) is 0 Å². The lowest BCUT2D eigenvalue weighted by Crippen LogP contribution is -2.44. The van der Waals surface area contributed by atoms with Gasteiger partial charge in [0.15, 0.2) is 9.84 Å². The molecule has 0 unspecified atom stereocenters. The molecule has 6 nitrogen and oxygen atoms in total. The van der Waals surface area contributed by atoms with Gasteiger partial charge < -0.3 is 4.90 Å². The first-order valence-electron chi connectivity index (χ1n) is 8.79. The zero-order chi connectivity index (χ0) is 19.7. The summed E-state index contributed by atoms with van der Waals surface area (Å²) in [5.74, 6) is 0. The average molecular weight is 409 g/mol. The summed E-state index contributed by atoms with van der Waals surface area (Å²) in [6, 6.07) is 13.5. The minimum atomic E-state index is -3.67. The zero-order valence-corrected chi connectivity index (χ0v) is 17.1. The standard InChI is InChI=1S/C19H24N2O4S2/c1-15-4-3-5-17(14-15)21-12-10-16(11-13-21)20-27(24,25)19-8-6-18(7-9-19)26(2,22)23/h3-9,14,16,20H,10-13H2,1-2H3. The highest BCUT2D eigenvalue weighted by atomic mass is 32.2. The van der Waals surface area contributed by atoms with Crippen molar-refractivity contribution in [2.24, 2.45) is 0 Å². The molecule has 0 aromatic heterocycles. The number of hydrogen-bond acceptors (Lipinski definition) is 5. The lowest BCUT2D eigenvalue weighted by atomic mass is 10.1. The molecule has 1 heterocycles. The van der Waals surface area contributed by atoms with Crippen LogP contribution < -0.4 is 9.62 Å². The summed E-state index contributed by atoms with van der Waals surface area (Å²) >= 11 is 0. The number of nitrogens with zero attached hydrogens (tertiary/aromatic N) is 1. The Morgan fingerprint density at radius 1 is 0.926 bits per heavy atom. The van der Waals surface area contributed by atoms with Crippen molar-refractivity contribution in [3.8, 4) is 0 Å². The molecule has 27 heavy (non-hydrogen) atoms. The monoisotopic (exact) mass is 408 g/mol. The second kappa shape index (κ2) is 7.61. The van der Waals surface area contributed by atoms with E-state index >= 15 is 0 Å². The number of sulfonamides is 1. The molecule has 0 radical (unpaired) electrons. The molecule has 1 fully saturated rings. The molecule has 1 saturated heterocycles. The molecular formula is C19H24N2O4S2. The maximum absolute atomic E-state index is 12.6. The number of sulfone groups is 1. The highest BCUT2D eigenvalue weighted by Crippen LogP contribution is 2.22. The first kappa shape index (κ1) is 19.9. The van der Waals surface area contributed by atoms with Gasteiger partial charge in [-0.3, -0.25) is 0 Å². The minimum absolute atomic E-state index is 0.0796. The van der Waals surface area contributed by atoms with Crippen molar-refractivity contribution in [2.45, 2.75) is 35.6 Å². The molecule has 0 amide bonds. The Labute approximate surface area is 161 Å². The van der Waals surface area contributed by atoms with Gasteiger partial charge in [0, 0.05) is 31.1 Å². The first-order chi connectivity index (χ1) is 12.6. The van der Waals surface area contributed by atoms with Crippen LogP contribution in [0.1, 0.15) is 18.4 Å². The van der Waals surface area contributed by atoms with Crippen LogP contribution in [0.15, 0.2) is 58.3 Å². The largest absolute Gasteiger partial charge is 0.371 e. The van der Waals surface area contributed by atoms with E-state index < -0.39 is 19.9 Å². The number of anilines is 1. The Morgan fingerprint density at radius 2 is 1.52 bits per heavy atom. The molecule has 0 aliphatic carbocycles. The van der Waals surface area contributed by atoms with Crippen molar-refractivity contribution in [1.82, 2.24) is 4.72 Å². The van der Waals surface area contributed by atoms with Crippen LogP contribution in [0.5, 0.6) is 0 Å². The van der Waals surface area contributed by atoms with Crippen molar-refractivity contribution in [3.63, 3.8) is 0 Å². The Balaban J connectivity index is 1.64. The molecule has 0 atom stereocenters. The van der Waals surface area contributed by atoms with Gasteiger partial charge in [0.2, 0.25) is 10.0 Å². The van der Waals surface area contributed by atoms with Crippen LogP contribution in [0, 0.1) is 6.92 Å². The third kappa shape index (κ3) is 4.88. The highest BCUT2D eigenvalue weighted by molar-refractivity contribution is 7.90. The summed E-state index contributed by atoms with van der Waals surface area (Å²) < 4.78 is 50.9. The smallest absolute Gasteiger partial charge is 0.240 e. The quantitative estimate of drug-likeness (QED) is 0.821. The summed E-state index contributed by atoms with van der Waals surface area (Å²) in [4.78, 5) is 2.45. The van der Waals surface area contributed by atoms with Crippen LogP contribution in [-0.2, 0) is 19.9 Å². The van der Waals surface area contributed by atoms with Gasteiger partial charge in [0.1, 0.15) is 0 Å². The molecule has 3 rings (SSSR count). The molecule has 1 N–H and O–H groups in total. The van der Waals surface area contributed by atoms with E-state index in [9.17, 15) is 16.8 Å². The van der Waals surface area contributed by atoms with E-state index in [-0.39, 0.29) is 15.8 Å². The number of nitrogens with one attached hydrogen (secondary N) is 1. The van der Waals surface area contributed by atoms with Gasteiger partial charge in [-0.1, -0.05) is 12.1 Å². The second-order valence-electron chi connectivity index (χ2n) is 6.97. The number of benzene rings is 2. The van der Waals surface area contributed by atoms with Crippen LogP contribution >= 0.6 is 0 Å². The van der Waals surface area contributed by atoms with E-state index in [1.54, 1.807) is 0 Å².